The third-order valence-corrected chi connectivity index (χ3v) is 4.46. The Morgan fingerprint density at radius 3 is 2.06 bits per heavy atom. The van der Waals surface area contributed by atoms with Crippen molar-refractivity contribution in [3.8, 4) is 0 Å². The lowest BCUT2D eigenvalue weighted by Gasteiger charge is -2.39. The summed E-state index contributed by atoms with van der Waals surface area (Å²) in [6, 6.07) is 1.08. The summed E-state index contributed by atoms with van der Waals surface area (Å²) in [5.74, 6) is 0.641. The van der Waals surface area contributed by atoms with E-state index in [-0.39, 0.29) is 0 Å². The molecule has 3 heteroatoms. The standard InChI is InChI=1S/C14H31N3/c1-5-12(3)14(15)11-16-7-9-17(10-8-16)13(4)6-2/h12-14H,5-11,15H2,1-4H3. The first-order valence-electron chi connectivity index (χ1n) is 7.30. The number of nitrogens with zero attached hydrogens (tertiary/aromatic N) is 2. The van der Waals surface area contributed by atoms with E-state index in [2.05, 4.69) is 37.5 Å². The fourth-order valence-electron chi connectivity index (χ4n) is 2.43. The molecule has 1 saturated heterocycles. The van der Waals surface area contributed by atoms with Crippen LogP contribution in [0.25, 0.3) is 0 Å². The van der Waals surface area contributed by atoms with Crippen molar-refractivity contribution in [1.82, 2.24) is 9.80 Å². The van der Waals surface area contributed by atoms with Gasteiger partial charge < -0.3 is 5.73 Å². The van der Waals surface area contributed by atoms with E-state index in [0.29, 0.717) is 12.0 Å². The van der Waals surface area contributed by atoms with Gasteiger partial charge in [-0.15, -0.1) is 0 Å². The number of nitrogens with two attached hydrogens (primary N) is 1. The maximum absolute atomic E-state index is 6.22. The molecule has 0 aromatic heterocycles. The zero-order chi connectivity index (χ0) is 12.8. The fourth-order valence-corrected chi connectivity index (χ4v) is 2.43. The van der Waals surface area contributed by atoms with Crippen LogP contribution in [0.2, 0.25) is 0 Å². The van der Waals surface area contributed by atoms with Crippen LogP contribution in [0.3, 0.4) is 0 Å². The first kappa shape index (κ1) is 14.9. The Morgan fingerprint density at radius 2 is 1.59 bits per heavy atom. The summed E-state index contributed by atoms with van der Waals surface area (Å²) in [6.07, 6.45) is 2.44. The minimum Gasteiger partial charge on any atom is -0.326 e. The van der Waals surface area contributed by atoms with Crippen LogP contribution >= 0.6 is 0 Å². The quantitative estimate of drug-likeness (QED) is 0.769. The molecule has 2 N–H and O–H groups in total. The first-order valence-corrected chi connectivity index (χ1v) is 7.30. The summed E-state index contributed by atoms with van der Waals surface area (Å²) < 4.78 is 0. The highest BCUT2D eigenvalue weighted by atomic mass is 15.3. The highest BCUT2D eigenvalue weighted by Crippen LogP contribution is 2.11. The van der Waals surface area contributed by atoms with Gasteiger partial charge in [-0.05, 0) is 19.3 Å². The predicted molar refractivity (Wildman–Crippen MR) is 75.2 cm³/mol. The molecule has 0 bridgehead atoms. The SMILES string of the molecule is CCC(C)C(N)CN1CCN(C(C)CC)CC1. The third-order valence-electron chi connectivity index (χ3n) is 4.46. The fraction of sp³-hybridized carbons (Fsp3) is 1.00. The highest BCUT2D eigenvalue weighted by molar-refractivity contribution is 4.79. The lowest BCUT2D eigenvalue weighted by Crippen LogP contribution is -2.52. The summed E-state index contributed by atoms with van der Waals surface area (Å²) in [7, 11) is 0. The molecule has 0 amide bonds. The second-order valence-corrected chi connectivity index (χ2v) is 5.64. The van der Waals surface area contributed by atoms with Crippen LogP contribution in [0.1, 0.15) is 40.5 Å². The van der Waals surface area contributed by atoms with Crippen LogP contribution in [-0.4, -0.2) is 54.6 Å². The van der Waals surface area contributed by atoms with Crippen LogP contribution < -0.4 is 5.73 Å². The lowest BCUT2D eigenvalue weighted by molar-refractivity contribution is 0.0926. The Balaban J connectivity index is 2.27. The van der Waals surface area contributed by atoms with Crippen molar-refractivity contribution >= 4 is 0 Å². The molecule has 0 aliphatic carbocycles. The van der Waals surface area contributed by atoms with E-state index in [1.807, 2.05) is 0 Å². The van der Waals surface area contributed by atoms with Crippen LogP contribution in [0.4, 0.5) is 0 Å². The average Bonchev–Trinajstić information content (AvgIpc) is 2.37. The number of hydrogen-bond donors (Lipinski definition) is 1. The van der Waals surface area contributed by atoms with Gasteiger partial charge in [-0.1, -0.05) is 27.2 Å². The van der Waals surface area contributed by atoms with Gasteiger partial charge in [-0.3, -0.25) is 9.80 Å². The van der Waals surface area contributed by atoms with E-state index in [0.717, 1.165) is 12.6 Å². The van der Waals surface area contributed by atoms with Gasteiger partial charge >= 0.3 is 0 Å². The van der Waals surface area contributed by atoms with E-state index in [4.69, 9.17) is 5.73 Å². The third kappa shape index (κ3) is 4.57. The van der Waals surface area contributed by atoms with Crippen LogP contribution in [-0.2, 0) is 0 Å². The topological polar surface area (TPSA) is 32.5 Å². The minimum absolute atomic E-state index is 0.343. The molecule has 1 aliphatic heterocycles. The van der Waals surface area contributed by atoms with Crippen molar-refractivity contribution in [1.29, 1.82) is 0 Å². The second kappa shape index (κ2) is 7.34. The van der Waals surface area contributed by atoms with Gasteiger partial charge in [0.2, 0.25) is 0 Å². The normalized spacial score (nSPS) is 24.5. The van der Waals surface area contributed by atoms with E-state index >= 15 is 0 Å². The molecule has 0 aromatic rings. The Hall–Kier alpha value is -0.120. The lowest BCUT2D eigenvalue weighted by atomic mass is 9.99. The average molecular weight is 241 g/mol. The molecule has 0 aromatic carbocycles. The molecular weight excluding hydrogens is 210 g/mol. The monoisotopic (exact) mass is 241 g/mol. The van der Waals surface area contributed by atoms with Crippen LogP contribution in [0.15, 0.2) is 0 Å². The first-order chi connectivity index (χ1) is 8.08. The van der Waals surface area contributed by atoms with Crippen molar-refractivity contribution in [2.24, 2.45) is 11.7 Å². The summed E-state index contributed by atoms with van der Waals surface area (Å²) >= 11 is 0. The van der Waals surface area contributed by atoms with Gasteiger partial charge in [-0.2, -0.15) is 0 Å². The highest BCUT2D eigenvalue weighted by Gasteiger charge is 2.22. The molecule has 0 spiro atoms. The summed E-state index contributed by atoms with van der Waals surface area (Å²) in [4.78, 5) is 5.14. The Kier molecular flexibility index (Phi) is 6.45. The maximum Gasteiger partial charge on any atom is 0.0193 e. The molecule has 1 heterocycles. The molecule has 1 aliphatic rings. The Morgan fingerprint density at radius 1 is 1.00 bits per heavy atom. The van der Waals surface area contributed by atoms with E-state index < -0.39 is 0 Å². The molecule has 3 unspecified atom stereocenters. The summed E-state index contributed by atoms with van der Waals surface area (Å²) in [6.45, 7) is 15.0. The largest absolute Gasteiger partial charge is 0.326 e. The number of hydrogen-bond acceptors (Lipinski definition) is 3. The van der Waals surface area contributed by atoms with E-state index in [1.165, 1.54) is 39.0 Å². The molecule has 1 rings (SSSR count). The molecule has 3 atom stereocenters. The zero-order valence-electron chi connectivity index (χ0n) is 12.2. The second-order valence-electron chi connectivity index (χ2n) is 5.64. The Bertz CT molecular complexity index is 200. The van der Waals surface area contributed by atoms with Crippen molar-refractivity contribution in [2.75, 3.05) is 32.7 Å². The number of rotatable bonds is 6. The van der Waals surface area contributed by atoms with Gasteiger partial charge in [0.1, 0.15) is 0 Å². The smallest absolute Gasteiger partial charge is 0.0193 e. The molecule has 3 nitrogen and oxygen atoms in total. The number of piperazine rings is 1. The summed E-state index contributed by atoms with van der Waals surface area (Å²) in [5.41, 5.74) is 6.22. The summed E-state index contributed by atoms with van der Waals surface area (Å²) in [5, 5.41) is 0. The molecule has 0 saturated carbocycles. The molecule has 17 heavy (non-hydrogen) atoms. The van der Waals surface area contributed by atoms with Crippen molar-refractivity contribution in [2.45, 2.75) is 52.6 Å². The van der Waals surface area contributed by atoms with Crippen molar-refractivity contribution < 1.29 is 0 Å². The molecule has 0 radical (unpaired) electrons. The van der Waals surface area contributed by atoms with Crippen molar-refractivity contribution in [3.05, 3.63) is 0 Å². The molecular formula is C14H31N3. The van der Waals surface area contributed by atoms with Crippen LogP contribution in [0.5, 0.6) is 0 Å². The van der Waals surface area contributed by atoms with Gasteiger partial charge in [0.15, 0.2) is 0 Å². The van der Waals surface area contributed by atoms with Crippen molar-refractivity contribution in [3.63, 3.8) is 0 Å². The minimum atomic E-state index is 0.343. The van der Waals surface area contributed by atoms with Gasteiger partial charge in [-0.25, -0.2) is 0 Å². The van der Waals surface area contributed by atoms with Gasteiger partial charge in [0.25, 0.3) is 0 Å². The van der Waals surface area contributed by atoms with E-state index in [9.17, 15) is 0 Å². The van der Waals surface area contributed by atoms with E-state index in [1.54, 1.807) is 0 Å². The van der Waals surface area contributed by atoms with Crippen LogP contribution in [0, 0.1) is 5.92 Å². The Labute approximate surface area is 107 Å². The van der Waals surface area contributed by atoms with Gasteiger partial charge in [0, 0.05) is 44.8 Å². The molecule has 102 valence electrons. The van der Waals surface area contributed by atoms with Gasteiger partial charge in [0.05, 0.1) is 0 Å². The molecule has 1 fully saturated rings. The zero-order valence-corrected chi connectivity index (χ0v) is 12.2. The predicted octanol–water partition coefficient (Wildman–Crippen LogP) is 1.78. The maximum atomic E-state index is 6.22.